The van der Waals surface area contributed by atoms with Crippen LogP contribution in [0.25, 0.3) is 0 Å². The van der Waals surface area contributed by atoms with Gasteiger partial charge in [0.05, 0.1) is 0 Å². The second-order valence-corrected chi connectivity index (χ2v) is 4.79. The van der Waals surface area contributed by atoms with Gasteiger partial charge in [-0.25, -0.2) is 4.98 Å². The molecule has 2 aromatic rings. The highest BCUT2D eigenvalue weighted by Gasteiger charge is 2.13. The van der Waals surface area contributed by atoms with E-state index in [0.29, 0.717) is 5.95 Å². The van der Waals surface area contributed by atoms with E-state index >= 15 is 0 Å². The maximum atomic E-state index is 4.62. The van der Waals surface area contributed by atoms with Crippen LogP contribution in [0, 0.1) is 6.92 Å². The SMILES string of the molecule is CCCCN(c1ccccc1)c1nc(NC)ncc1C. The maximum absolute atomic E-state index is 4.62. The van der Waals surface area contributed by atoms with Crippen LogP contribution in [0.2, 0.25) is 0 Å². The van der Waals surface area contributed by atoms with Crippen LogP contribution in [0.15, 0.2) is 36.5 Å². The van der Waals surface area contributed by atoms with Gasteiger partial charge in [0.2, 0.25) is 5.95 Å². The molecule has 0 spiro atoms. The molecule has 0 saturated carbocycles. The Bertz CT molecular complexity index is 539. The van der Waals surface area contributed by atoms with Crippen LogP contribution < -0.4 is 10.2 Å². The van der Waals surface area contributed by atoms with Crippen LogP contribution >= 0.6 is 0 Å². The van der Waals surface area contributed by atoms with Crippen LogP contribution in [0.4, 0.5) is 17.5 Å². The monoisotopic (exact) mass is 270 g/mol. The van der Waals surface area contributed by atoms with E-state index < -0.39 is 0 Å². The van der Waals surface area contributed by atoms with Gasteiger partial charge in [0, 0.05) is 31.0 Å². The molecule has 1 heterocycles. The van der Waals surface area contributed by atoms with E-state index in [1.807, 2.05) is 19.3 Å². The van der Waals surface area contributed by atoms with E-state index in [1.54, 1.807) is 0 Å². The Labute approximate surface area is 120 Å². The first-order valence-electron chi connectivity index (χ1n) is 7.10. The highest BCUT2D eigenvalue weighted by molar-refractivity contribution is 5.63. The summed E-state index contributed by atoms with van der Waals surface area (Å²) in [7, 11) is 1.84. The van der Waals surface area contributed by atoms with E-state index in [0.717, 1.165) is 30.8 Å². The average Bonchev–Trinajstić information content (AvgIpc) is 2.50. The van der Waals surface area contributed by atoms with Crippen LogP contribution in [0.3, 0.4) is 0 Å². The number of rotatable bonds is 6. The smallest absolute Gasteiger partial charge is 0.224 e. The van der Waals surface area contributed by atoms with E-state index in [1.165, 1.54) is 5.69 Å². The van der Waals surface area contributed by atoms with Crippen molar-refractivity contribution in [2.24, 2.45) is 0 Å². The van der Waals surface area contributed by atoms with Crippen molar-refractivity contribution in [1.82, 2.24) is 9.97 Å². The summed E-state index contributed by atoms with van der Waals surface area (Å²) in [5.41, 5.74) is 2.26. The number of nitrogens with one attached hydrogen (secondary N) is 1. The van der Waals surface area contributed by atoms with Crippen molar-refractivity contribution in [2.45, 2.75) is 26.7 Å². The standard InChI is InChI=1S/C16H22N4/c1-4-5-11-20(14-9-7-6-8-10-14)15-13(2)12-18-16(17-3)19-15/h6-10,12H,4-5,11H2,1-3H3,(H,17,18,19). The Morgan fingerprint density at radius 2 is 1.95 bits per heavy atom. The van der Waals surface area contributed by atoms with Crippen molar-refractivity contribution >= 4 is 17.5 Å². The zero-order valence-electron chi connectivity index (χ0n) is 12.4. The summed E-state index contributed by atoms with van der Waals surface area (Å²) in [5.74, 6) is 1.63. The molecule has 1 aromatic heterocycles. The quantitative estimate of drug-likeness (QED) is 0.867. The van der Waals surface area contributed by atoms with E-state index in [-0.39, 0.29) is 0 Å². The summed E-state index contributed by atoms with van der Waals surface area (Å²) in [6.07, 6.45) is 4.16. The van der Waals surface area contributed by atoms with Crippen LogP contribution in [0.1, 0.15) is 25.3 Å². The molecule has 0 atom stereocenters. The maximum Gasteiger partial charge on any atom is 0.224 e. The lowest BCUT2D eigenvalue weighted by molar-refractivity contribution is 0.776. The largest absolute Gasteiger partial charge is 0.357 e. The third-order valence-electron chi connectivity index (χ3n) is 3.23. The molecule has 0 unspecified atom stereocenters. The van der Waals surface area contributed by atoms with Crippen molar-refractivity contribution < 1.29 is 0 Å². The molecule has 0 aliphatic heterocycles. The van der Waals surface area contributed by atoms with Gasteiger partial charge in [0.15, 0.2) is 0 Å². The van der Waals surface area contributed by atoms with Crippen molar-refractivity contribution in [1.29, 1.82) is 0 Å². The minimum atomic E-state index is 0.656. The summed E-state index contributed by atoms with van der Waals surface area (Å²) >= 11 is 0. The molecule has 2 rings (SSSR count). The molecular weight excluding hydrogens is 248 g/mol. The lowest BCUT2D eigenvalue weighted by Crippen LogP contribution is -2.21. The zero-order valence-corrected chi connectivity index (χ0v) is 12.4. The van der Waals surface area contributed by atoms with Gasteiger partial charge in [-0.1, -0.05) is 31.5 Å². The fourth-order valence-electron chi connectivity index (χ4n) is 2.11. The topological polar surface area (TPSA) is 41.1 Å². The van der Waals surface area contributed by atoms with Gasteiger partial charge in [0.1, 0.15) is 5.82 Å². The number of anilines is 3. The first-order chi connectivity index (χ1) is 9.76. The summed E-state index contributed by atoms with van der Waals surface area (Å²) in [4.78, 5) is 11.2. The molecule has 4 nitrogen and oxygen atoms in total. The molecule has 1 N–H and O–H groups in total. The predicted molar refractivity (Wildman–Crippen MR) is 84.7 cm³/mol. The minimum absolute atomic E-state index is 0.656. The van der Waals surface area contributed by atoms with Gasteiger partial charge in [-0.15, -0.1) is 0 Å². The average molecular weight is 270 g/mol. The third kappa shape index (κ3) is 3.26. The number of para-hydroxylation sites is 1. The number of benzene rings is 1. The first-order valence-corrected chi connectivity index (χ1v) is 7.10. The Balaban J connectivity index is 2.40. The third-order valence-corrected chi connectivity index (χ3v) is 3.23. The Morgan fingerprint density at radius 3 is 2.60 bits per heavy atom. The second kappa shape index (κ2) is 6.89. The molecule has 0 fully saturated rings. The lowest BCUT2D eigenvalue weighted by atomic mass is 10.2. The summed E-state index contributed by atoms with van der Waals surface area (Å²) in [5, 5.41) is 3.01. The number of hydrogen-bond acceptors (Lipinski definition) is 4. The molecule has 0 aliphatic carbocycles. The van der Waals surface area contributed by atoms with Gasteiger partial charge in [-0.05, 0) is 25.5 Å². The molecule has 106 valence electrons. The van der Waals surface area contributed by atoms with Crippen LogP contribution in [-0.4, -0.2) is 23.6 Å². The van der Waals surface area contributed by atoms with E-state index in [2.05, 4.69) is 58.3 Å². The molecule has 20 heavy (non-hydrogen) atoms. The minimum Gasteiger partial charge on any atom is -0.357 e. The van der Waals surface area contributed by atoms with Crippen LogP contribution in [0.5, 0.6) is 0 Å². The van der Waals surface area contributed by atoms with Crippen molar-refractivity contribution in [2.75, 3.05) is 23.8 Å². The first kappa shape index (κ1) is 14.3. The summed E-state index contributed by atoms with van der Waals surface area (Å²) in [6, 6.07) is 10.4. The highest BCUT2D eigenvalue weighted by Crippen LogP contribution is 2.27. The molecule has 0 bridgehead atoms. The van der Waals surface area contributed by atoms with Gasteiger partial charge < -0.3 is 10.2 Å². The van der Waals surface area contributed by atoms with E-state index in [9.17, 15) is 0 Å². The fraction of sp³-hybridized carbons (Fsp3) is 0.375. The normalized spacial score (nSPS) is 10.3. The van der Waals surface area contributed by atoms with Crippen molar-refractivity contribution in [3.8, 4) is 0 Å². The fourth-order valence-corrected chi connectivity index (χ4v) is 2.11. The lowest BCUT2D eigenvalue weighted by Gasteiger charge is -2.25. The molecular formula is C16H22N4. The van der Waals surface area contributed by atoms with Gasteiger partial charge >= 0.3 is 0 Å². The highest BCUT2D eigenvalue weighted by atomic mass is 15.2. The molecule has 1 aromatic carbocycles. The predicted octanol–water partition coefficient (Wildman–Crippen LogP) is 3.76. The molecule has 0 radical (unpaired) electrons. The number of aromatic nitrogens is 2. The molecule has 4 heteroatoms. The van der Waals surface area contributed by atoms with Gasteiger partial charge in [0.25, 0.3) is 0 Å². The Morgan fingerprint density at radius 1 is 1.20 bits per heavy atom. The number of aryl methyl sites for hydroxylation is 1. The number of nitrogens with zero attached hydrogens (tertiary/aromatic N) is 3. The number of hydrogen-bond donors (Lipinski definition) is 1. The Hall–Kier alpha value is -2.10. The number of unbranched alkanes of at least 4 members (excludes halogenated alkanes) is 1. The molecule has 0 amide bonds. The second-order valence-electron chi connectivity index (χ2n) is 4.79. The zero-order chi connectivity index (χ0) is 14.4. The van der Waals surface area contributed by atoms with E-state index in [4.69, 9.17) is 0 Å². The Kier molecular flexibility index (Phi) is 4.93. The summed E-state index contributed by atoms with van der Waals surface area (Å²) in [6.45, 7) is 5.22. The molecule has 0 aliphatic rings. The van der Waals surface area contributed by atoms with Gasteiger partial charge in [-0.2, -0.15) is 4.98 Å². The van der Waals surface area contributed by atoms with Crippen LogP contribution in [-0.2, 0) is 0 Å². The van der Waals surface area contributed by atoms with Crippen molar-refractivity contribution in [3.05, 3.63) is 42.1 Å². The van der Waals surface area contributed by atoms with Gasteiger partial charge in [-0.3, -0.25) is 0 Å². The molecule has 0 saturated heterocycles. The summed E-state index contributed by atoms with van der Waals surface area (Å²) < 4.78 is 0. The van der Waals surface area contributed by atoms with Crippen molar-refractivity contribution in [3.63, 3.8) is 0 Å².